The number of pyridine rings is 1. The summed E-state index contributed by atoms with van der Waals surface area (Å²) in [6.45, 7) is 0. The highest BCUT2D eigenvalue weighted by Crippen LogP contribution is 2.43. The van der Waals surface area contributed by atoms with Crippen molar-refractivity contribution in [1.29, 1.82) is 0 Å². The monoisotopic (exact) mass is 661 g/mol. The van der Waals surface area contributed by atoms with E-state index < -0.39 is 0 Å². The largest absolute Gasteiger partial charge is 0.309 e. The van der Waals surface area contributed by atoms with E-state index in [1.54, 1.807) is 0 Å². The summed E-state index contributed by atoms with van der Waals surface area (Å²) in [7, 11) is 0. The molecule has 3 heterocycles. The number of aromatic nitrogens is 3. The highest BCUT2D eigenvalue weighted by molar-refractivity contribution is 6.29. The fraction of sp³-hybridized carbons (Fsp3) is 0. The second kappa shape index (κ2) is 11.3. The van der Waals surface area contributed by atoms with Crippen molar-refractivity contribution in [3.05, 3.63) is 188 Å². The van der Waals surface area contributed by atoms with Gasteiger partial charge in [0.25, 0.3) is 0 Å². The van der Waals surface area contributed by atoms with Crippen molar-refractivity contribution in [2.75, 3.05) is 0 Å². The van der Waals surface area contributed by atoms with E-state index in [0.29, 0.717) is 0 Å². The van der Waals surface area contributed by atoms with Gasteiger partial charge in [0.15, 0.2) is 0 Å². The standard InChI is InChI=1S/C49H31N3/c1-3-13-35(14-4-1)51-44-22-12-9-19-40(44)48-45(51)30-29-41-47(48)39-18-7-10-20-42(39)50-49(41)33-25-23-32(24-26-33)34-27-28-38-37-17-8-11-21-43(37)52(46(38)31-34)36-15-5-2-6-16-36/h1-31H. The van der Waals surface area contributed by atoms with E-state index in [4.69, 9.17) is 4.98 Å². The molecule has 0 aliphatic rings. The van der Waals surface area contributed by atoms with Crippen LogP contribution in [-0.4, -0.2) is 14.1 Å². The van der Waals surface area contributed by atoms with Crippen molar-refractivity contribution in [1.82, 2.24) is 14.1 Å². The molecule has 242 valence electrons. The van der Waals surface area contributed by atoms with E-state index in [1.165, 1.54) is 65.5 Å². The molecule has 11 rings (SSSR count). The molecule has 0 aliphatic heterocycles. The predicted molar refractivity (Wildman–Crippen MR) is 219 cm³/mol. The average molecular weight is 662 g/mol. The van der Waals surface area contributed by atoms with Crippen molar-refractivity contribution in [3.8, 4) is 33.8 Å². The first-order valence-electron chi connectivity index (χ1n) is 17.8. The van der Waals surface area contributed by atoms with E-state index in [1.807, 2.05) is 0 Å². The van der Waals surface area contributed by atoms with Crippen molar-refractivity contribution in [2.24, 2.45) is 0 Å². The van der Waals surface area contributed by atoms with Crippen LogP contribution in [0.25, 0.3) is 99.0 Å². The molecule has 0 radical (unpaired) electrons. The van der Waals surface area contributed by atoms with Crippen LogP contribution in [0, 0.1) is 0 Å². The lowest BCUT2D eigenvalue weighted by molar-refractivity contribution is 1.18. The fourth-order valence-corrected chi connectivity index (χ4v) is 8.40. The number of benzene rings is 8. The molecule has 0 spiro atoms. The van der Waals surface area contributed by atoms with Crippen LogP contribution in [0.1, 0.15) is 0 Å². The topological polar surface area (TPSA) is 22.8 Å². The summed E-state index contributed by atoms with van der Waals surface area (Å²) < 4.78 is 4.77. The minimum absolute atomic E-state index is 0.998. The third kappa shape index (κ3) is 4.23. The van der Waals surface area contributed by atoms with Gasteiger partial charge in [0.1, 0.15) is 0 Å². The van der Waals surface area contributed by atoms with Gasteiger partial charge in [-0.25, -0.2) is 4.98 Å². The van der Waals surface area contributed by atoms with Gasteiger partial charge in [-0.3, -0.25) is 0 Å². The Kier molecular flexibility index (Phi) is 6.25. The SMILES string of the molecule is c1ccc(-n2c3ccccc3c3ccc(-c4ccc(-c5nc6ccccc6c6c5ccc5c6c6ccccc6n5-c5ccccc5)cc4)cc32)cc1. The maximum atomic E-state index is 5.33. The first-order chi connectivity index (χ1) is 25.8. The fourth-order valence-electron chi connectivity index (χ4n) is 8.40. The second-order valence-corrected chi connectivity index (χ2v) is 13.5. The Morgan fingerprint density at radius 2 is 0.827 bits per heavy atom. The smallest absolute Gasteiger partial charge is 0.0788 e. The number of rotatable bonds is 4. The van der Waals surface area contributed by atoms with Gasteiger partial charge in [-0.15, -0.1) is 0 Å². The summed E-state index contributed by atoms with van der Waals surface area (Å²) in [6, 6.07) is 67.7. The molecule has 3 aromatic heterocycles. The molecule has 3 heteroatoms. The molecule has 0 atom stereocenters. The van der Waals surface area contributed by atoms with Crippen molar-refractivity contribution in [2.45, 2.75) is 0 Å². The molecule has 0 N–H and O–H groups in total. The Hall–Kier alpha value is -6.97. The normalized spacial score (nSPS) is 11.8. The van der Waals surface area contributed by atoms with Crippen molar-refractivity contribution >= 4 is 65.3 Å². The van der Waals surface area contributed by atoms with Crippen molar-refractivity contribution < 1.29 is 0 Å². The molecule has 8 aromatic carbocycles. The maximum Gasteiger partial charge on any atom is 0.0788 e. The summed E-state index contributed by atoms with van der Waals surface area (Å²) in [5.41, 5.74) is 12.6. The third-order valence-corrected chi connectivity index (χ3v) is 10.7. The highest BCUT2D eigenvalue weighted by atomic mass is 15.0. The van der Waals surface area contributed by atoms with Gasteiger partial charge in [0, 0.05) is 54.6 Å². The third-order valence-electron chi connectivity index (χ3n) is 10.7. The number of hydrogen-bond acceptors (Lipinski definition) is 1. The van der Waals surface area contributed by atoms with E-state index in [0.717, 1.165) is 33.5 Å². The average Bonchev–Trinajstić information content (AvgIpc) is 3.74. The first kappa shape index (κ1) is 28.8. The van der Waals surface area contributed by atoms with Crippen LogP contribution >= 0.6 is 0 Å². The van der Waals surface area contributed by atoms with Crippen LogP contribution < -0.4 is 0 Å². The maximum absolute atomic E-state index is 5.33. The lowest BCUT2D eigenvalue weighted by atomic mass is 9.95. The molecular weight excluding hydrogens is 631 g/mol. The number of nitrogens with zero attached hydrogens (tertiary/aromatic N) is 3. The van der Waals surface area contributed by atoms with E-state index in [9.17, 15) is 0 Å². The molecular formula is C49H31N3. The summed E-state index contributed by atoms with van der Waals surface area (Å²) in [5.74, 6) is 0. The molecule has 0 aliphatic carbocycles. The van der Waals surface area contributed by atoms with Crippen molar-refractivity contribution in [3.63, 3.8) is 0 Å². The zero-order valence-corrected chi connectivity index (χ0v) is 28.2. The molecule has 0 bridgehead atoms. The minimum Gasteiger partial charge on any atom is -0.309 e. The van der Waals surface area contributed by atoms with Gasteiger partial charge in [0.05, 0.1) is 33.3 Å². The van der Waals surface area contributed by atoms with E-state index in [-0.39, 0.29) is 0 Å². The second-order valence-electron chi connectivity index (χ2n) is 13.5. The Morgan fingerprint density at radius 3 is 1.56 bits per heavy atom. The van der Waals surface area contributed by atoms with Gasteiger partial charge in [-0.05, 0) is 65.7 Å². The van der Waals surface area contributed by atoms with Gasteiger partial charge < -0.3 is 9.13 Å². The Bertz CT molecular complexity index is 3150. The van der Waals surface area contributed by atoms with Crippen LogP contribution in [0.4, 0.5) is 0 Å². The number of para-hydroxylation sites is 5. The summed E-state index contributed by atoms with van der Waals surface area (Å²) in [4.78, 5) is 5.33. The lowest BCUT2D eigenvalue weighted by Gasteiger charge is -2.13. The Labute approximate surface area is 300 Å². The van der Waals surface area contributed by atoms with Crippen LogP contribution in [0.3, 0.4) is 0 Å². The summed E-state index contributed by atoms with van der Waals surface area (Å²) in [6.07, 6.45) is 0. The van der Waals surface area contributed by atoms with E-state index in [2.05, 4.69) is 197 Å². The summed E-state index contributed by atoms with van der Waals surface area (Å²) >= 11 is 0. The van der Waals surface area contributed by atoms with E-state index >= 15 is 0 Å². The molecule has 52 heavy (non-hydrogen) atoms. The van der Waals surface area contributed by atoms with Gasteiger partial charge >= 0.3 is 0 Å². The molecule has 3 nitrogen and oxygen atoms in total. The van der Waals surface area contributed by atoms with Crippen LogP contribution in [0.15, 0.2) is 188 Å². The lowest BCUT2D eigenvalue weighted by Crippen LogP contribution is -1.94. The zero-order valence-electron chi connectivity index (χ0n) is 28.2. The number of hydrogen-bond donors (Lipinski definition) is 0. The highest BCUT2D eigenvalue weighted by Gasteiger charge is 2.19. The van der Waals surface area contributed by atoms with Crippen LogP contribution in [-0.2, 0) is 0 Å². The first-order valence-corrected chi connectivity index (χ1v) is 17.8. The van der Waals surface area contributed by atoms with Crippen LogP contribution in [0.5, 0.6) is 0 Å². The Balaban J connectivity index is 1.11. The zero-order chi connectivity index (χ0) is 34.2. The molecule has 0 fully saturated rings. The molecule has 0 unspecified atom stereocenters. The molecule has 0 saturated heterocycles. The minimum atomic E-state index is 0.998. The quantitative estimate of drug-likeness (QED) is 0.172. The molecule has 0 saturated carbocycles. The molecule has 0 amide bonds. The van der Waals surface area contributed by atoms with Crippen LogP contribution in [0.2, 0.25) is 0 Å². The summed E-state index contributed by atoms with van der Waals surface area (Å²) in [5, 5.41) is 8.59. The number of fused-ring (bicyclic) bond motifs is 10. The van der Waals surface area contributed by atoms with Gasteiger partial charge in [0.2, 0.25) is 0 Å². The Morgan fingerprint density at radius 1 is 0.308 bits per heavy atom. The predicted octanol–water partition coefficient (Wildman–Crippen LogP) is 12.9. The molecule has 11 aromatic rings. The van der Waals surface area contributed by atoms with Gasteiger partial charge in [-0.2, -0.15) is 0 Å². The van der Waals surface area contributed by atoms with Gasteiger partial charge in [-0.1, -0.05) is 133 Å².